The number of thiazole rings is 1. The fourth-order valence-corrected chi connectivity index (χ4v) is 4.79. The van der Waals surface area contributed by atoms with Crippen LogP contribution in [-0.4, -0.2) is 46.2 Å². The van der Waals surface area contributed by atoms with Gasteiger partial charge >= 0.3 is 6.03 Å². The molecule has 3 amide bonds. The van der Waals surface area contributed by atoms with E-state index in [4.69, 9.17) is 0 Å². The average molecular weight is 463 g/mol. The van der Waals surface area contributed by atoms with Crippen LogP contribution >= 0.6 is 11.3 Å². The summed E-state index contributed by atoms with van der Waals surface area (Å²) < 4.78 is 0. The number of likely N-dealkylation sites (tertiary alicyclic amines) is 1. The van der Waals surface area contributed by atoms with Crippen LogP contribution in [0.15, 0.2) is 60.7 Å². The molecule has 1 atom stereocenters. The molecule has 1 fully saturated rings. The fourth-order valence-electron chi connectivity index (χ4n) is 3.84. The Bertz CT molecular complexity index is 1140. The van der Waals surface area contributed by atoms with Gasteiger partial charge in [-0.1, -0.05) is 72.0 Å². The van der Waals surface area contributed by atoms with Crippen molar-refractivity contribution in [2.24, 2.45) is 0 Å². The van der Waals surface area contributed by atoms with Gasteiger partial charge in [-0.2, -0.15) is 0 Å². The molecule has 33 heavy (non-hydrogen) atoms. The van der Waals surface area contributed by atoms with Crippen molar-refractivity contribution in [3.63, 3.8) is 0 Å². The zero-order valence-corrected chi connectivity index (χ0v) is 19.4. The smallest absolute Gasteiger partial charge is 0.318 e. The van der Waals surface area contributed by atoms with Crippen molar-refractivity contribution in [2.45, 2.75) is 38.8 Å². The summed E-state index contributed by atoms with van der Waals surface area (Å²) in [5.41, 5.74) is 1.89. The second-order valence-corrected chi connectivity index (χ2v) is 9.20. The van der Waals surface area contributed by atoms with Crippen LogP contribution in [0.4, 0.5) is 9.93 Å². The Kier molecular flexibility index (Phi) is 6.84. The van der Waals surface area contributed by atoms with Crippen LogP contribution in [0.5, 0.6) is 0 Å². The molecule has 2 aromatic carbocycles. The number of hydrogen-bond donors (Lipinski definition) is 2. The highest BCUT2D eigenvalue weighted by Gasteiger charge is 2.35. The highest BCUT2D eigenvalue weighted by Crippen LogP contribution is 2.33. The van der Waals surface area contributed by atoms with Gasteiger partial charge in [0.05, 0.1) is 5.69 Å². The van der Waals surface area contributed by atoms with Crippen molar-refractivity contribution < 1.29 is 14.4 Å². The molecule has 0 bridgehead atoms. The first-order chi connectivity index (χ1) is 15.9. The molecule has 8 heteroatoms. The van der Waals surface area contributed by atoms with Crippen LogP contribution in [0, 0.1) is 0 Å². The normalized spacial score (nSPS) is 15.5. The van der Waals surface area contributed by atoms with Crippen LogP contribution < -0.4 is 10.6 Å². The SMILES string of the molecule is CC(C)NC(=O)N1CCC[C@H]1C(=O)Nc1nc(-c2ccccc2)c(C(=O)c2ccccc2)s1. The standard InChI is InChI=1S/C25H26N4O3S/c1-16(2)26-25(32)29-15-9-14-19(29)23(31)28-24-27-20(17-10-5-3-6-11-17)22(33-24)21(30)18-12-7-4-8-13-18/h3-8,10-13,16,19H,9,14-15H2,1-2H3,(H,26,32)(H,27,28,31)/t19-/m0/s1. The Hall–Kier alpha value is -3.52. The molecule has 0 radical (unpaired) electrons. The van der Waals surface area contributed by atoms with E-state index in [0.717, 1.165) is 23.3 Å². The number of nitrogens with one attached hydrogen (secondary N) is 2. The van der Waals surface area contributed by atoms with Crippen molar-refractivity contribution in [1.82, 2.24) is 15.2 Å². The van der Waals surface area contributed by atoms with E-state index in [9.17, 15) is 14.4 Å². The van der Waals surface area contributed by atoms with Gasteiger partial charge in [0.2, 0.25) is 11.7 Å². The van der Waals surface area contributed by atoms with Crippen molar-refractivity contribution in [3.05, 3.63) is 71.1 Å². The Balaban J connectivity index is 1.61. The molecule has 1 aliphatic heterocycles. The Morgan fingerprint density at radius 3 is 2.36 bits per heavy atom. The number of hydrogen-bond acceptors (Lipinski definition) is 5. The number of nitrogens with zero attached hydrogens (tertiary/aromatic N) is 2. The van der Waals surface area contributed by atoms with Crippen molar-refractivity contribution in [3.8, 4) is 11.3 Å². The average Bonchev–Trinajstić information content (AvgIpc) is 3.47. The Morgan fingerprint density at radius 1 is 1.03 bits per heavy atom. The number of rotatable bonds is 6. The number of ketones is 1. The molecule has 2 N–H and O–H groups in total. The van der Waals surface area contributed by atoms with Gasteiger partial charge in [-0.3, -0.25) is 9.59 Å². The molecule has 0 aliphatic carbocycles. The monoisotopic (exact) mass is 462 g/mol. The van der Waals surface area contributed by atoms with Crippen molar-refractivity contribution in [1.29, 1.82) is 0 Å². The molecular formula is C25H26N4O3S. The van der Waals surface area contributed by atoms with Gasteiger partial charge in [0.1, 0.15) is 10.9 Å². The van der Waals surface area contributed by atoms with E-state index >= 15 is 0 Å². The first-order valence-corrected chi connectivity index (χ1v) is 11.8. The Labute approximate surface area is 196 Å². The maximum atomic E-state index is 13.2. The van der Waals surface area contributed by atoms with Gasteiger partial charge in [-0.25, -0.2) is 9.78 Å². The minimum Gasteiger partial charge on any atom is -0.336 e. The quantitative estimate of drug-likeness (QED) is 0.525. The van der Waals surface area contributed by atoms with E-state index in [1.54, 1.807) is 17.0 Å². The van der Waals surface area contributed by atoms with E-state index in [1.807, 2.05) is 62.4 Å². The maximum Gasteiger partial charge on any atom is 0.318 e. The maximum absolute atomic E-state index is 13.2. The third kappa shape index (κ3) is 5.12. The zero-order chi connectivity index (χ0) is 23.4. The largest absolute Gasteiger partial charge is 0.336 e. The minimum absolute atomic E-state index is 0.0132. The van der Waals surface area contributed by atoms with Crippen molar-refractivity contribution in [2.75, 3.05) is 11.9 Å². The van der Waals surface area contributed by atoms with Crippen LogP contribution in [0.1, 0.15) is 41.9 Å². The first-order valence-electron chi connectivity index (χ1n) is 11.0. The van der Waals surface area contributed by atoms with E-state index < -0.39 is 6.04 Å². The molecule has 0 spiro atoms. The summed E-state index contributed by atoms with van der Waals surface area (Å²) in [5.74, 6) is -0.440. The third-order valence-electron chi connectivity index (χ3n) is 5.38. The highest BCUT2D eigenvalue weighted by molar-refractivity contribution is 7.18. The number of amides is 3. The second kappa shape index (κ2) is 9.95. The van der Waals surface area contributed by atoms with Gasteiger partial charge in [-0.15, -0.1) is 0 Å². The molecule has 1 aromatic heterocycles. The molecule has 0 unspecified atom stereocenters. The molecule has 7 nitrogen and oxygen atoms in total. The van der Waals surface area contributed by atoms with Crippen LogP contribution in [0.3, 0.4) is 0 Å². The summed E-state index contributed by atoms with van der Waals surface area (Å²) in [5, 5.41) is 6.05. The van der Waals surface area contributed by atoms with E-state index in [0.29, 0.717) is 34.2 Å². The number of anilines is 1. The lowest BCUT2D eigenvalue weighted by molar-refractivity contribution is -0.119. The highest BCUT2D eigenvalue weighted by atomic mass is 32.1. The number of benzene rings is 2. The number of carbonyl (C=O) groups is 3. The van der Waals surface area contributed by atoms with Gasteiger partial charge in [0.25, 0.3) is 0 Å². The summed E-state index contributed by atoms with van der Waals surface area (Å²) in [7, 11) is 0. The summed E-state index contributed by atoms with van der Waals surface area (Å²) in [4.78, 5) is 45.4. The zero-order valence-electron chi connectivity index (χ0n) is 18.6. The number of carbonyl (C=O) groups excluding carboxylic acids is 3. The number of urea groups is 1. The molecule has 1 aliphatic rings. The van der Waals surface area contributed by atoms with Gasteiger partial charge < -0.3 is 15.5 Å². The van der Waals surface area contributed by atoms with Gasteiger partial charge in [0.15, 0.2) is 5.13 Å². The molecular weight excluding hydrogens is 436 g/mol. The summed E-state index contributed by atoms with van der Waals surface area (Å²) in [6.07, 6.45) is 1.35. The molecule has 2 heterocycles. The van der Waals surface area contributed by atoms with Crippen molar-refractivity contribution >= 4 is 34.2 Å². The summed E-state index contributed by atoms with van der Waals surface area (Å²) in [6, 6.07) is 17.6. The lowest BCUT2D eigenvalue weighted by Crippen LogP contribution is -2.49. The predicted octanol–water partition coefficient (Wildman–Crippen LogP) is 4.56. The van der Waals surface area contributed by atoms with Crippen LogP contribution in [-0.2, 0) is 4.79 Å². The lowest BCUT2D eigenvalue weighted by atomic mass is 10.1. The van der Waals surface area contributed by atoms with Gasteiger partial charge in [0, 0.05) is 23.7 Å². The number of aromatic nitrogens is 1. The lowest BCUT2D eigenvalue weighted by Gasteiger charge is -2.24. The predicted molar refractivity (Wildman–Crippen MR) is 129 cm³/mol. The van der Waals surface area contributed by atoms with E-state index in [2.05, 4.69) is 15.6 Å². The Morgan fingerprint density at radius 2 is 1.70 bits per heavy atom. The second-order valence-electron chi connectivity index (χ2n) is 8.20. The molecule has 4 rings (SSSR count). The molecule has 170 valence electrons. The first kappa shape index (κ1) is 22.7. The van der Waals surface area contributed by atoms with Crippen LogP contribution in [0.2, 0.25) is 0 Å². The molecule has 0 saturated carbocycles. The third-order valence-corrected chi connectivity index (χ3v) is 6.34. The summed E-state index contributed by atoms with van der Waals surface area (Å²) >= 11 is 1.15. The van der Waals surface area contributed by atoms with E-state index in [1.165, 1.54) is 0 Å². The minimum atomic E-state index is -0.568. The molecule has 1 saturated heterocycles. The summed E-state index contributed by atoms with van der Waals surface area (Å²) in [6.45, 7) is 4.30. The van der Waals surface area contributed by atoms with Crippen LogP contribution in [0.25, 0.3) is 11.3 Å². The topological polar surface area (TPSA) is 91.4 Å². The van der Waals surface area contributed by atoms with Gasteiger partial charge in [-0.05, 0) is 26.7 Å². The van der Waals surface area contributed by atoms with E-state index in [-0.39, 0.29) is 23.8 Å². The molecule has 3 aromatic rings. The fraction of sp³-hybridized carbons (Fsp3) is 0.280.